The summed E-state index contributed by atoms with van der Waals surface area (Å²) in [7, 11) is 0. The van der Waals surface area contributed by atoms with Crippen molar-refractivity contribution in [3.8, 4) is 5.69 Å². The number of tetrazole rings is 1. The maximum atomic E-state index is 5.07. The summed E-state index contributed by atoms with van der Waals surface area (Å²) < 4.78 is 6.82. The van der Waals surface area contributed by atoms with Gasteiger partial charge in [0.1, 0.15) is 5.76 Å². The van der Waals surface area contributed by atoms with Gasteiger partial charge < -0.3 is 4.52 Å². The normalized spacial score (nSPS) is 11.0. The van der Waals surface area contributed by atoms with Gasteiger partial charge in [0, 0.05) is 11.8 Å². The van der Waals surface area contributed by atoms with Crippen LogP contribution in [0.25, 0.3) is 5.69 Å². The van der Waals surface area contributed by atoms with Crippen LogP contribution in [0.2, 0.25) is 0 Å². The highest BCUT2D eigenvalue weighted by Crippen LogP contribution is 2.22. The molecular weight excluding hydrogens is 310 g/mol. The van der Waals surface area contributed by atoms with E-state index in [1.54, 1.807) is 4.68 Å². The number of aromatic nitrogens is 5. The Hall–Kier alpha value is -2.15. The minimum absolute atomic E-state index is 0.673. The largest absolute Gasteiger partial charge is 0.361 e. The number of nitrogens with zero attached hydrogens (tertiary/aromatic N) is 5. The van der Waals surface area contributed by atoms with E-state index in [1.807, 2.05) is 13.0 Å². The number of hydrogen-bond acceptors (Lipinski definition) is 6. The van der Waals surface area contributed by atoms with Gasteiger partial charge >= 0.3 is 0 Å². The van der Waals surface area contributed by atoms with Crippen molar-refractivity contribution in [1.29, 1.82) is 0 Å². The lowest BCUT2D eigenvalue weighted by Gasteiger charge is -2.05. The number of aryl methyl sites for hydroxylation is 2. The molecule has 6 nitrogen and oxygen atoms in total. The van der Waals surface area contributed by atoms with Crippen LogP contribution in [0.5, 0.6) is 0 Å². The van der Waals surface area contributed by atoms with Crippen molar-refractivity contribution in [3.05, 3.63) is 47.3 Å². The van der Waals surface area contributed by atoms with Crippen LogP contribution in [-0.4, -0.2) is 25.4 Å². The molecule has 23 heavy (non-hydrogen) atoms. The number of thioether (sulfide) groups is 1. The van der Waals surface area contributed by atoms with Crippen molar-refractivity contribution < 1.29 is 4.52 Å². The zero-order valence-electron chi connectivity index (χ0n) is 13.3. The molecule has 0 bridgehead atoms. The van der Waals surface area contributed by atoms with E-state index in [-0.39, 0.29) is 0 Å². The topological polar surface area (TPSA) is 69.6 Å². The predicted molar refractivity (Wildman–Crippen MR) is 88.6 cm³/mol. The first-order chi connectivity index (χ1) is 11.3. The molecule has 2 heterocycles. The average Bonchev–Trinajstić information content (AvgIpc) is 3.20. The third-order valence-corrected chi connectivity index (χ3v) is 4.42. The van der Waals surface area contributed by atoms with Gasteiger partial charge in [-0.3, -0.25) is 0 Å². The SMILES string of the molecule is CCCCc1ccc(-n2nnnc2SCc2cc(C)on2)cc1. The Morgan fingerprint density at radius 1 is 1.22 bits per heavy atom. The van der Waals surface area contributed by atoms with Gasteiger partial charge in [-0.25, -0.2) is 0 Å². The Bertz CT molecular complexity index is 750. The zero-order chi connectivity index (χ0) is 16.1. The molecule has 0 aliphatic rings. The Kier molecular flexibility index (Phi) is 5.07. The molecule has 1 aromatic carbocycles. The Morgan fingerprint density at radius 3 is 2.74 bits per heavy atom. The molecule has 0 saturated carbocycles. The molecule has 0 aliphatic heterocycles. The summed E-state index contributed by atoms with van der Waals surface area (Å²) in [6, 6.07) is 10.3. The highest BCUT2D eigenvalue weighted by atomic mass is 32.2. The Labute approximate surface area is 139 Å². The fraction of sp³-hybridized carbons (Fsp3) is 0.375. The van der Waals surface area contributed by atoms with Crippen LogP contribution in [-0.2, 0) is 12.2 Å². The van der Waals surface area contributed by atoms with Crippen molar-refractivity contribution in [2.45, 2.75) is 44.0 Å². The molecular formula is C16H19N5OS. The molecule has 3 aromatic rings. The first kappa shape index (κ1) is 15.7. The van der Waals surface area contributed by atoms with Gasteiger partial charge in [-0.05, 0) is 47.9 Å². The van der Waals surface area contributed by atoms with E-state index in [1.165, 1.54) is 30.2 Å². The van der Waals surface area contributed by atoms with E-state index in [0.29, 0.717) is 5.75 Å². The summed E-state index contributed by atoms with van der Waals surface area (Å²) in [6.07, 6.45) is 3.53. The fourth-order valence-electron chi connectivity index (χ4n) is 2.24. The molecule has 120 valence electrons. The second kappa shape index (κ2) is 7.41. The minimum Gasteiger partial charge on any atom is -0.361 e. The van der Waals surface area contributed by atoms with E-state index in [2.05, 4.69) is 51.9 Å². The molecule has 0 N–H and O–H groups in total. The summed E-state index contributed by atoms with van der Waals surface area (Å²) >= 11 is 1.54. The molecule has 0 amide bonds. The molecule has 0 unspecified atom stereocenters. The second-order valence-corrected chi connectivity index (χ2v) is 6.30. The maximum absolute atomic E-state index is 5.07. The lowest BCUT2D eigenvalue weighted by Crippen LogP contribution is -1.99. The fourth-order valence-corrected chi connectivity index (χ4v) is 3.01. The zero-order valence-corrected chi connectivity index (χ0v) is 14.1. The van der Waals surface area contributed by atoms with Gasteiger partial charge in [0.25, 0.3) is 0 Å². The third-order valence-electron chi connectivity index (χ3n) is 3.47. The molecule has 0 saturated heterocycles. The molecule has 2 aromatic heterocycles. The number of benzene rings is 1. The average molecular weight is 329 g/mol. The summed E-state index contributed by atoms with van der Waals surface area (Å²) in [5.74, 6) is 1.48. The lowest BCUT2D eigenvalue weighted by atomic mass is 10.1. The summed E-state index contributed by atoms with van der Waals surface area (Å²) in [5.41, 5.74) is 3.20. The van der Waals surface area contributed by atoms with Crippen molar-refractivity contribution in [1.82, 2.24) is 25.4 Å². The van der Waals surface area contributed by atoms with Crippen LogP contribution in [0.3, 0.4) is 0 Å². The monoisotopic (exact) mass is 329 g/mol. The lowest BCUT2D eigenvalue weighted by molar-refractivity contribution is 0.393. The number of rotatable bonds is 7. The van der Waals surface area contributed by atoms with Crippen LogP contribution in [0.15, 0.2) is 40.0 Å². The summed E-state index contributed by atoms with van der Waals surface area (Å²) in [5, 5.41) is 16.7. The van der Waals surface area contributed by atoms with Gasteiger partial charge in [0.15, 0.2) is 0 Å². The predicted octanol–water partition coefficient (Wildman–Crippen LogP) is 3.59. The van der Waals surface area contributed by atoms with Crippen molar-refractivity contribution in [2.75, 3.05) is 0 Å². The Morgan fingerprint density at radius 2 is 2.04 bits per heavy atom. The van der Waals surface area contributed by atoms with Gasteiger partial charge in [0.05, 0.1) is 11.4 Å². The van der Waals surface area contributed by atoms with Crippen LogP contribution in [0.4, 0.5) is 0 Å². The maximum Gasteiger partial charge on any atom is 0.214 e. The summed E-state index contributed by atoms with van der Waals surface area (Å²) in [6.45, 7) is 4.08. The first-order valence-corrected chi connectivity index (χ1v) is 8.67. The van der Waals surface area contributed by atoms with E-state index in [4.69, 9.17) is 4.52 Å². The highest BCUT2D eigenvalue weighted by Gasteiger charge is 2.10. The van der Waals surface area contributed by atoms with Crippen LogP contribution in [0.1, 0.15) is 36.8 Å². The smallest absolute Gasteiger partial charge is 0.214 e. The molecule has 0 atom stereocenters. The van der Waals surface area contributed by atoms with Crippen LogP contribution >= 0.6 is 11.8 Å². The van der Waals surface area contributed by atoms with Crippen molar-refractivity contribution >= 4 is 11.8 Å². The van der Waals surface area contributed by atoms with Crippen LogP contribution in [0, 0.1) is 6.92 Å². The van der Waals surface area contributed by atoms with Gasteiger partial charge in [-0.2, -0.15) is 4.68 Å². The van der Waals surface area contributed by atoms with E-state index < -0.39 is 0 Å². The highest BCUT2D eigenvalue weighted by molar-refractivity contribution is 7.98. The molecule has 7 heteroatoms. The van der Waals surface area contributed by atoms with Crippen molar-refractivity contribution in [2.24, 2.45) is 0 Å². The van der Waals surface area contributed by atoms with E-state index in [0.717, 1.165) is 28.7 Å². The number of unbranched alkanes of at least 4 members (excludes halogenated alkanes) is 1. The standard InChI is InChI=1S/C16H19N5OS/c1-3-4-5-13-6-8-15(9-7-13)21-16(17-19-20-21)23-11-14-10-12(2)22-18-14/h6-10H,3-5,11H2,1-2H3. The van der Waals surface area contributed by atoms with E-state index in [9.17, 15) is 0 Å². The first-order valence-electron chi connectivity index (χ1n) is 7.69. The van der Waals surface area contributed by atoms with Gasteiger partial charge in [-0.1, -0.05) is 42.4 Å². The molecule has 0 spiro atoms. The van der Waals surface area contributed by atoms with E-state index >= 15 is 0 Å². The molecule has 0 radical (unpaired) electrons. The quantitative estimate of drug-likeness (QED) is 0.617. The third kappa shape index (κ3) is 3.98. The molecule has 3 rings (SSSR count). The van der Waals surface area contributed by atoms with Gasteiger partial charge in [0.2, 0.25) is 5.16 Å². The van der Waals surface area contributed by atoms with Crippen molar-refractivity contribution in [3.63, 3.8) is 0 Å². The summed E-state index contributed by atoms with van der Waals surface area (Å²) in [4.78, 5) is 0. The van der Waals surface area contributed by atoms with Crippen LogP contribution < -0.4 is 0 Å². The number of hydrogen-bond donors (Lipinski definition) is 0. The van der Waals surface area contributed by atoms with Gasteiger partial charge in [-0.15, -0.1) is 5.10 Å². The minimum atomic E-state index is 0.673. The molecule has 0 aliphatic carbocycles. The molecule has 0 fully saturated rings. The second-order valence-electron chi connectivity index (χ2n) is 5.36. The Balaban J connectivity index is 1.70.